The standard InChI is InChI=1S/C13H21N3O3S/c1-16(10-11-6-8-19-9-7-11)20(17,18)13-4-2-12(15-14)3-5-13/h2-5,11,15H,6-10,14H2,1H3. The minimum Gasteiger partial charge on any atom is -0.381 e. The minimum atomic E-state index is -3.44. The van der Waals surface area contributed by atoms with Crippen LogP contribution in [0.25, 0.3) is 0 Å². The zero-order valence-corrected chi connectivity index (χ0v) is 12.4. The number of nitrogens with one attached hydrogen (secondary N) is 1. The van der Waals surface area contributed by atoms with E-state index in [-0.39, 0.29) is 4.90 Å². The van der Waals surface area contributed by atoms with Gasteiger partial charge in [-0.3, -0.25) is 5.84 Å². The Kier molecular flexibility index (Phi) is 4.98. The second-order valence-corrected chi connectivity index (χ2v) is 7.05. The van der Waals surface area contributed by atoms with Gasteiger partial charge in [0.05, 0.1) is 4.90 Å². The van der Waals surface area contributed by atoms with E-state index in [1.54, 1.807) is 31.3 Å². The average molecular weight is 299 g/mol. The molecular formula is C13H21N3O3S. The molecule has 6 nitrogen and oxygen atoms in total. The molecule has 1 aromatic carbocycles. The van der Waals surface area contributed by atoms with Crippen molar-refractivity contribution in [2.24, 2.45) is 11.8 Å². The molecule has 0 aliphatic carbocycles. The van der Waals surface area contributed by atoms with Crippen LogP contribution in [0.3, 0.4) is 0 Å². The maximum absolute atomic E-state index is 12.4. The summed E-state index contributed by atoms with van der Waals surface area (Å²) in [5.74, 6) is 5.64. The third-order valence-corrected chi connectivity index (χ3v) is 5.42. The first-order valence-electron chi connectivity index (χ1n) is 6.65. The highest BCUT2D eigenvalue weighted by atomic mass is 32.2. The third kappa shape index (κ3) is 3.49. The summed E-state index contributed by atoms with van der Waals surface area (Å²) >= 11 is 0. The highest BCUT2D eigenvalue weighted by Crippen LogP contribution is 2.21. The molecule has 1 fully saturated rings. The van der Waals surface area contributed by atoms with Crippen LogP contribution in [0.4, 0.5) is 5.69 Å². The number of nitrogen functional groups attached to an aromatic ring is 1. The van der Waals surface area contributed by atoms with Crippen LogP contribution in [0.15, 0.2) is 29.2 Å². The van der Waals surface area contributed by atoms with Gasteiger partial charge in [0.25, 0.3) is 0 Å². The van der Waals surface area contributed by atoms with E-state index in [0.29, 0.717) is 18.2 Å². The van der Waals surface area contributed by atoms with Crippen molar-refractivity contribution in [3.05, 3.63) is 24.3 Å². The topological polar surface area (TPSA) is 84.7 Å². The summed E-state index contributed by atoms with van der Waals surface area (Å²) < 4.78 is 31.6. The number of rotatable bonds is 5. The Balaban J connectivity index is 2.07. The van der Waals surface area contributed by atoms with Crippen molar-refractivity contribution in [2.75, 3.05) is 32.2 Å². The van der Waals surface area contributed by atoms with Crippen LogP contribution in [0.2, 0.25) is 0 Å². The first kappa shape index (κ1) is 15.2. The lowest BCUT2D eigenvalue weighted by molar-refractivity contribution is 0.0620. The lowest BCUT2D eigenvalue weighted by Crippen LogP contribution is -2.34. The zero-order valence-electron chi connectivity index (χ0n) is 11.6. The first-order chi connectivity index (χ1) is 9.54. The molecule has 20 heavy (non-hydrogen) atoms. The molecule has 3 N–H and O–H groups in total. The summed E-state index contributed by atoms with van der Waals surface area (Å²) in [5.41, 5.74) is 3.16. The second-order valence-electron chi connectivity index (χ2n) is 5.01. The van der Waals surface area contributed by atoms with Crippen molar-refractivity contribution in [1.82, 2.24) is 4.31 Å². The minimum absolute atomic E-state index is 0.283. The molecule has 0 atom stereocenters. The molecular weight excluding hydrogens is 278 g/mol. The van der Waals surface area contributed by atoms with Gasteiger partial charge in [0.2, 0.25) is 10.0 Å². The lowest BCUT2D eigenvalue weighted by atomic mass is 10.0. The predicted molar refractivity (Wildman–Crippen MR) is 77.6 cm³/mol. The number of hydrogen-bond acceptors (Lipinski definition) is 5. The monoisotopic (exact) mass is 299 g/mol. The van der Waals surface area contributed by atoms with E-state index in [2.05, 4.69) is 5.43 Å². The summed E-state index contributed by atoms with van der Waals surface area (Å²) in [6.45, 7) is 1.97. The van der Waals surface area contributed by atoms with Crippen LogP contribution in [0.1, 0.15) is 12.8 Å². The molecule has 1 aliphatic heterocycles. The summed E-state index contributed by atoms with van der Waals surface area (Å²) in [6.07, 6.45) is 1.83. The molecule has 2 rings (SSSR count). The molecule has 0 aromatic heterocycles. The molecule has 112 valence electrons. The van der Waals surface area contributed by atoms with Gasteiger partial charge < -0.3 is 10.2 Å². The fourth-order valence-electron chi connectivity index (χ4n) is 2.29. The highest BCUT2D eigenvalue weighted by molar-refractivity contribution is 7.89. The molecule has 1 aliphatic rings. The molecule has 1 saturated heterocycles. The van der Waals surface area contributed by atoms with Crippen molar-refractivity contribution in [3.63, 3.8) is 0 Å². The van der Waals surface area contributed by atoms with Crippen LogP contribution in [-0.2, 0) is 14.8 Å². The maximum Gasteiger partial charge on any atom is 0.242 e. The van der Waals surface area contributed by atoms with Gasteiger partial charge in [-0.05, 0) is 43.0 Å². The number of anilines is 1. The van der Waals surface area contributed by atoms with E-state index < -0.39 is 10.0 Å². The Morgan fingerprint density at radius 1 is 1.30 bits per heavy atom. The SMILES string of the molecule is CN(CC1CCOCC1)S(=O)(=O)c1ccc(NN)cc1. The Labute approximate surface area is 119 Å². The van der Waals surface area contributed by atoms with Gasteiger partial charge in [-0.1, -0.05) is 0 Å². The third-order valence-electron chi connectivity index (χ3n) is 3.59. The molecule has 0 bridgehead atoms. The molecule has 0 spiro atoms. The number of nitrogens with zero attached hydrogens (tertiary/aromatic N) is 1. The van der Waals surface area contributed by atoms with Crippen molar-refractivity contribution in [3.8, 4) is 0 Å². The molecule has 1 heterocycles. The quantitative estimate of drug-likeness (QED) is 0.626. The molecule has 0 radical (unpaired) electrons. The second kappa shape index (κ2) is 6.53. The van der Waals surface area contributed by atoms with Gasteiger partial charge in [0.15, 0.2) is 0 Å². The van der Waals surface area contributed by atoms with Gasteiger partial charge in [0.1, 0.15) is 0 Å². The number of hydrazine groups is 1. The summed E-state index contributed by atoms with van der Waals surface area (Å²) in [5, 5.41) is 0. The fourth-order valence-corrected chi connectivity index (χ4v) is 3.54. The number of ether oxygens (including phenoxy) is 1. The zero-order chi connectivity index (χ0) is 14.6. The summed E-state index contributed by atoms with van der Waals surface area (Å²) in [7, 11) is -1.81. The van der Waals surface area contributed by atoms with Gasteiger partial charge in [-0.2, -0.15) is 0 Å². The number of hydrogen-bond donors (Lipinski definition) is 2. The highest BCUT2D eigenvalue weighted by Gasteiger charge is 2.24. The smallest absolute Gasteiger partial charge is 0.242 e. The van der Waals surface area contributed by atoms with Crippen molar-refractivity contribution >= 4 is 15.7 Å². The van der Waals surface area contributed by atoms with Gasteiger partial charge >= 0.3 is 0 Å². The maximum atomic E-state index is 12.4. The lowest BCUT2D eigenvalue weighted by Gasteiger charge is -2.26. The largest absolute Gasteiger partial charge is 0.381 e. The van der Waals surface area contributed by atoms with E-state index >= 15 is 0 Å². The van der Waals surface area contributed by atoms with E-state index in [0.717, 1.165) is 26.1 Å². The average Bonchev–Trinajstić information content (AvgIpc) is 2.48. The number of benzene rings is 1. The van der Waals surface area contributed by atoms with Gasteiger partial charge in [-0.25, -0.2) is 12.7 Å². The van der Waals surface area contributed by atoms with Gasteiger partial charge in [-0.15, -0.1) is 0 Å². The predicted octanol–water partition coefficient (Wildman–Crippen LogP) is 1.02. The van der Waals surface area contributed by atoms with Crippen LogP contribution in [-0.4, -0.2) is 39.5 Å². The van der Waals surface area contributed by atoms with E-state index in [4.69, 9.17) is 10.6 Å². The first-order valence-corrected chi connectivity index (χ1v) is 8.09. The van der Waals surface area contributed by atoms with E-state index in [1.807, 2.05) is 0 Å². The fraction of sp³-hybridized carbons (Fsp3) is 0.538. The summed E-state index contributed by atoms with van der Waals surface area (Å²) in [4.78, 5) is 0.283. The Hall–Kier alpha value is -1.15. The van der Waals surface area contributed by atoms with Crippen LogP contribution in [0, 0.1) is 5.92 Å². The van der Waals surface area contributed by atoms with Crippen LogP contribution in [0.5, 0.6) is 0 Å². The van der Waals surface area contributed by atoms with Gasteiger partial charge in [0, 0.05) is 32.5 Å². The van der Waals surface area contributed by atoms with Crippen LogP contribution >= 0.6 is 0 Å². The van der Waals surface area contributed by atoms with Crippen LogP contribution < -0.4 is 11.3 Å². The normalized spacial score (nSPS) is 17.4. The number of sulfonamides is 1. The number of nitrogens with two attached hydrogens (primary N) is 1. The Morgan fingerprint density at radius 2 is 1.90 bits per heavy atom. The van der Waals surface area contributed by atoms with Crippen molar-refractivity contribution in [1.29, 1.82) is 0 Å². The summed E-state index contributed by atoms with van der Waals surface area (Å²) in [6, 6.07) is 6.42. The van der Waals surface area contributed by atoms with Crippen molar-refractivity contribution in [2.45, 2.75) is 17.7 Å². The molecule has 0 unspecified atom stereocenters. The molecule has 7 heteroatoms. The Morgan fingerprint density at radius 3 is 2.45 bits per heavy atom. The van der Waals surface area contributed by atoms with E-state index in [1.165, 1.54) is 4.31 Å². The molecule has 1 aromatic rings. The molecule has 0 saturated carbocycles. The molecule has 0 amide bonds. The van der Waals surface area contributed by atoms with E-state index in [9.17, 15) is 8.42 Å². The Bertz CT molecular complexity index is 524. The van der Waals surface area contributed by atoms with Crippen molar-refractivity contribution < 1.29 is 13.2 Å².